The van der Waals surface area contributed by atoms with E-state index in [0.29, 0.717) is 28.2 Å². The first-order valence-corrected chi connectivity index (χ1v) is 11.2. The van der Waals surface area contributed by atoms with E-state index >= 15 is 0 Å². The minimum Gasteiger partial charge on any atom is -0.493 e. The molecule has 0 saturated heterocycles. The average Bonchev–Trinajstić information content (AvgIpc) is 2.85. The number of carboxylic acids is 1. The number of hydrogen-bond acceptors (Lipinski definition) is 7. The van der Waals surface area contributed by atoms with Gasteiger partial charge in [-0.05, 0) is 49.1 Å². The number of hydrogen-bond donors (Lipinski definition) is 2. The number of carbonyl (C=O) groups is 3. The lowest BCUT2D eigenvalue weighted by molar-refractivity contribution is -0.192. The molecular weight excluding hydrogens is 509 g/mol. The number of amides is 1. The Hall–Kier alpha value is -4.35. The van der Waals surface area contributed by atoms with Crippen molar-refractivity contribution in [2.45, 2.75) is 39.6 Å². The summed E-state index contributed by atoms with van der Waals surface area (Å²) in [5.41, 5.74) is 1.51. The van der Waals surface area contributed by atoms with Gasteiger partial charge in [0.15, 0.2) is 11.5 Å². The molecule has 0 radical (unpaired) electrons. The number of benzene rings is 2. The number of methoxy groups -OCH3 is 2. The van der Waals surface area contributed by atoms with E-state index in [0.717, 1.165) is 10.9 Å². The highest BCUT2D eigenvalue weighted by molar-refractivity contribution is 6.15. The van der Waals surface area contributed by atoms with Crippen molar-refractivity contribution in [3.05, 3.63) is 59.4 Å². The van der Waals surface area contributed by atoms with Gasteiger partial charge in [0.2, 0.25) is 11.7 Å². The first-order valence-electron chi connectivity index (χ1n) is 11.2. The Balaban J connectivity index is 0.000000638. The van der Waals surface area contributed by atoms with Crippen LogP contribution in [0.25, 0.3) is 10.8 Å². The van der Waals surface area contributed by atoms with Gasteiger partial charge in [0.05, 0.1) is 20.3 Å². The molecule has 1 amide bonds. The molecule has 0 fully saturated rings. The SMILES string of the molecule is COc1cc2c(CNC(C)=O)cnc(C(=O)c3cccc(OC(C)C)c3)c2cc1OC.O=C(O)C(F)(F)F. The van der Waals surface area contributed by atoms with Gasteiger partial charge < -0.3 is 24.6 Å². The molecule has 1 aromatic heterocycles. The van der Waals surface area contributed by atoms with E-state index in [9.17, 15) is 22.8 Å². The molecule has 0 spiro atoms. The second-order valence-electron chi connectivity index (χ2n) is 8.12. The number of ether oxygens (including phenoxy) is 3. The molecule has 3 rings (SSSR count). The Morgan fingerprint density at radius 3 is 2.11 bits per heavy atom. The van der Waals surface area contributed by atoms with Crippen LogP contribution in [0.2, 0.25) is 0 Å². The molecule has 0 aliphatic carbocycles. The van der Waals surface area contributed by atoms with Crippen LogP contribution < -0.4 is 19.5 Å². The molecule has 12 heteroatoms. The van der Waals surface area contributed by atoms with Crippen LogP contribution in [-0.4, -0.2) is 54.3 Å². The molecule has 0 aliphatic heterocycles. The van der Waals surface area contributed by atoms with Crippen LogP contribution in [0, 0.1) is 0 Å². The van der Waals surface area contributed by atoms with E-state index in [4.69, 9.17) is 24.1 Å². The van der Waals surface area contributed by atoms with Crippen LogP contribution in [0.5, 0.6) is 17.2 Å². The predicted molar refractivity (Wildman–Crippen MR) is 132 cm³/mol. The van der Waals surface area contributed by atoms with Crippen LogP contribution in [-0.2, 0) is 16.1 Å². The van der Waals surface area contributed by atoms with Crippen molar-refractivity contribution in [2.24, 2.45) is 0 Å². The van der Waals surface area contributed by atoms with Crippen molar-refractivity contribution < 1.29 is 46.9 Å². The number of alkyl halides is 3. The molecular formula is C26H27F3N2O7. The van der Waals surface area contributed by atoms with Gasteiger partial charge in [-0.1, -0.05) is 12.1 Å². The lowest BCUT2D eigenvalue weighted by Crippen LogP contribution is -2.21. The number of fused-ring (bicyclic) bond motifs is 1. The van der Waals surface area contributed by atoms with Gasteiger partial charge in [0.1, 0.15) is 11.4 Å². The minimum atomic E-state index is -5.08. The Morgan fingerprint density at radius 2 is 1.61 bits per heavy atom. The highest BCUT2D eigenvalue weighted by atomic mass is 19.4. The lowest BCUT2D eigenvalue weighted by Gasteiger charge is -2.15. The summed E-state index contributed by atoms with van der Waals surface area (Å²) < 4.78 is 48.3. The van der Waals surface area contributed by atoms with Gasteiger partial charge in [0.25, 0.3) is 0 Å². The average molecular weight is 537 g/mol. The molecule has 0 unspecified atom stereocenters. The van der Waals surface area contributed by atoms with Gasteiger partial charge in [0, 0.05) is 30.6 Å². The van der Waals surface area contributed by atoms with Gasteiger partial charge in [-0.25, -0.2) is 4.79 Å². The molecule has 1 heterocycles. The number of carboxylic acid groups (broad SMARTS) is 1. The summed E-state index contributed by atoms with van der Waals surface area (Å²) in [6, 6.07) is 10.6. The summed E-state index contributed by atoms with van der Waals surface area (Å²) in [5.74, 6) is -1.53. The molecule has 0 bridgehead atoms. The molecule has 2 N–H and O–H groups in total. The summed E-state index contributed by atoms with van der Waals surface area (Å²) in [4.78, 5) is 38.1. The maximum Gasteiger partial charge on any atom is 0.490 e. The van der Waals surface area contributed by atoms with E-state index < -0.39 is 12.1 Å². The van der Waals surface area contributed by atoms with Crippen LogP contribution >= 0.6 is 0 Å². The normalized spacial score (nSPS) is 10.9. The van der Waals surface area contributed by atoms with Crippen molar-refractivity contribution in [3.8, 4) is 17.2 Å². The molecule has 38 heavy (non-hydrogen) atoms. The third-order valence-corrected chi connectivity index (χ3v) is 4.93. The first-order chi connectivity index (χ1) is 17.8. The number of halogens is 3. The molecule has 3 aromatic rings. The number of carbonyl (C=O) groups excluding carboxylic acids is 2. The Morgan fingerprint density at radius 1 is 1.03 bits per heavy atom. The molecule has 2 aromatic carbocycles. The third-order valence-electron chi connectivity index (χ3n) is 4.93. The van der Waals surface area contributed by atoms with Crippen LogP contribution in [0.4, 0.5) is 13.2 Å². The predicted octanol–water partition coefficient (Wildman–Crippen LogP) is 4.54. The quantitative estimate of drug-likeness (QED) is 0.402. The number of nitrogens with one attached hydrogen (secondary N) is 1. The van der Waals surface area contributed by atoms with E-state index in [1.165, 1.54) is 14.0 Å². The Labute approximate surface area is 216 Å². The van der Waals surface area contributed by atoms with E-state index in [1.54, 1.807) is 43.6 Å². The number of aliphatic carboxylic acids is 1. The summed E-state index contributed by atoms with van der Waals surface area (Å²) in [6.45, 7) is 5.58. The smallest absolute Gasteiger partial charge is 0.490 e. The number of aromatic nitrogens is 1. The standard InChI is InChI=1S/C24H26N2O5.C2HF3O2/c1-14(2)31-18-8-6-7-16(9-18)24(28)23-20-11-22(30-5)21(29-4)10-19(20)17(13-26-23)12-25-15(3)27;3-2(4,5)1(6)7/h6-11,13-14H,12H2,1-5H3,(H,25,27);(H,6,7). The maximum atomic E-state index is 13.4. The van der Waals surface area contributed by atoms with Crippen molar-refractivity contribution in [2.75, 3.05) is 14.2 Å². The molecule has 0 aliphatic rings. The second kappa shape index (κ2) is 12.7. The summed E-state index contributed by atoms with van der Waals surface area (Å²) in [5, 5.41) is 11.3. The third kappa shape index (κ3) is 7.82. The van der Waals surface area contributed by atoms with Crippen molar-refractivity contribution in [1.29, 1.82) is 0 Å². The second-order valence-corrected chi connectivity index (χ2v) is 8.12. The molecule has 204 valence electrons. The largest absolute Gasteiger partial charge is 0.493 e. The highest BCUT2D eigenvalue weighted by Crippen LogP contribution is 2.35. The summed E-state index contributed by atoms with van der Waals surface area (Å²) >= 11 is 0. The Kier molecular flexibility index (Phi) is 10.0. The van der Waals surface area contributed by atoms with Crippen molar-refractivity contribution in [1.82, 2.24) is 10.3 Å². The number of ketones is 1. The highest BCUT2D eigenvalue weighted by Gasteiger charge is 2.38. The maximum absolute atomic E-state index is 13.4. The van der Waals surface area contributed by atoms with Gasteiger partial charge in [-0.3, -0.25) is 14.6 Å². The fraction of sp³-hybridized carbons (Fsp3) is 0.308. The van der Waals surface area contributed by atoms with E-state index in [2.05, 4.69) is 10.3 Å². The molecule has 0 saturated carbocycles. The van der Waals surface area contributed by atoms with Crippen LogP contribution in [0.1, 0.15) is 42.4 Å². The van der Waals surface area contributed by atoms with Gasteiger partial charge in [-0.2, -0.15) is 13.2 Å². The number of rotatable bonds is 8. The molecule has 0 atom stereocenters. The Bertz CT molecular complexity index is 1320. The van der Waals surface area contributed by atoms with Crippen molar-refractivity contribution >= 4 is 28.4 Å². The zero-order valence-corrected chi connectivity index (χ0v) is 21.3. The van der Waals surface area contributed by atoms with Crippen molar-refractivity contribution in [3.63, 3.8) is 0 Å². The number of pyridine rings is 1. The zero-order valence-electron chi connectivity index (χ0n) is 21.3. The fourth-order valence-electron chi connectivity index (χ4n) is 3.28. The first kappa shape index (κ1) is 29.9. The molecule has 9 nitrogen and oxygen atoms in total. The summed E-state index contributed by atoms with van der Waals surface area (Å²) in [7, 11) is 3.08. The van der Waals surface area contributed by atoms with Gasteiger partial charge in [-0.15, -0.1) is 0 Å². The zero-order chi connectivity index (χ0) is 28.6. The van der Waals surface area contributed by atoms with Crippen LogP contribution in [0.3, 0.4) is 0 Å². The minimum absolute atomic E-state index is 0.00547. The summed E-state index contributed by atoms with van der Waals surface area (Å²) in [6.07, 6.45) is -3.49. The van der Waals surface area contributed by atoms with Gasteiger partial charge >= 0.3 is 12.1 Å². The van der Waals surface area contributed by atoms with E-state index in [1.807, 2.05) is 19.9 Å². The lowest BCUT2D eigenvalue weighted by atomic mass is 9.99. The fourth-order valence-corrected chi connectivity index (χ4v) is 3.28. The van der Waals surface area contributed by atoms with Crippen LogP contribution in [0.15, 0.2) is 42.6 Å². The topological polar surface area (TPSA) is 124 Å². The van der Waals surface area contributed by atoms with E-state index in [-0.39, 0.29) is 30.0 Å². The number of nitrogens with zero attached hydrogens (tertiary/aromatic N) is 1. The monoisotopic (exact) mass is 536 g/mol.